The fourth-order valence-corrected chi connectivity index (χ4v) is 2.46. The van der Waals surface area contributed by atoms with E-state index in [4.69, 9.17) is 9.47 Å². The number of ether oxygens (including phenoxy) is 2. The molecule has 0 atom stereocenters. The number of H-pyrrole nitrogens is 1. The first kappa shape index (κ1) is 13.4. The van der Waals surface area contributed by atoms with Crippen LogP contribution < -0.4 is 25.6 Å². The molecule has 6 heteroatoms. The number of pyridine rings is 1. The monoisotopic (exact) mass is 307 g/mol. The Hall–Kier alpha value is -3.28. The van der Waals surface area contributed by atoms with Gasteiger partial charge in [-0.1, -0.05) is 18.7 Å². The number of hydrogen-bond donors (Lipinski definition) is 1. The van der Waals surface area contributed by atoms with Crippen molar-refractivity contribution in [2.75, 3.05) is 6.79 Å². The zero-order valence-electron chi connectivity index (χ0n) is 12.2. The van der Waals surface area contributed by atoms with Crippen molar-refractivity contribution in [2.45, 2.75) is 0 Å². The molecule has 0 saturated heterocycles. The van der Waals surface area contributed by atoms with E-state index < -0.39 is 0 Å². The van der Waals surface area contributed by atoms with E-state index in [9.17, 15) is 4.79 Å². The summed E-state index contributed by atoms with van der Waals surface area (Å²) in [5, 5.41) is 3.95. The molecule has 6 nitrogen and oxygen atoms in total. The van der Waals surface area contributed by atoms with Gasteiger partial charge in [0.25, 0.3) is 5.56 Å². The molecule has 1 aliphatic heterocycles. The van der Waals surface area contributed by atoms with Crippen molar-refractivity contribution in [3.8, 4) is 17.3 Å². The molecule has 1 N–H and O–H groups in total. The van der Waals surface area contributed by atoms with E-state index in [-0.39, 0.29) is 12.4 Å². The summed E-state index contributed by atoms with van der Waals surface area (Å²) in [7, 11) is 0. The molecule has 0 spiro atoms. The van der Waals surface area contributed by atoms with Gasteiger partial charge in [0.05, 0.1) is 10.6 Å². The summed E-state index contributed by atoms with van der Waals surface area (Å²) in [6.07, 6.45) is 3.40. The minimum absolute atomic E-state index is 0.202. The van der Waals surface area contributed by atoms with Crippen molar-refractivity contribution < 1.29 is 9.47 Å². The van der Waals surface area contributed by atoms with Crippen molar-refractivity contribution in [3.63, 3.8) is 0 Å². The molecule has 0 bridgehead atoms. The SMILES string of the molecule is C=c1[nH]n(-c2ccccn2)c(=O)c1=Cc1ccc2c(c1)OCO2. The number of aromatic amines is 1. The largest absolute Gasteiger partial charge is 0.454 e. The van der Waals surface area contributed by atoms with Crippen LogP contribution in [0.25, 0.3) is 18.5 Å². The van der Waals surface area contributed by atoms with Crippen molar-refractivity contribution in [3.05, 3.63) is 69.1 Å². The van der Waals surface area contributed by atoms with E-state index in [2.05, 4.69) is 16.7 Å². The topological polar surface area (TPSA) is 69.1 Å². The van der Waals surface area contributed by atoms with E-state index in [0.717, 1.165) is 5.56 Å². The van der Waals surface area contributed by atoms with Crippen molar-refractivity contribution in [2.24, 2.45) is 0 Å². The van der Waals surface area contributed by atoms with Crippen LogP contribution in [0.5, 0.6) is 11.5 Å². The molecular formula is C17H13N3O3. The van der Waals surface area contributed by atoms with Crippen LogP contribution in [-0.2, 0) is 0 Å². The summed E-state index contributed by atoms with van der Waals surface area (Å²) in [5.74, 6) is 1.90. The highest BCUT2D eigenvalue weighted by Crippen LogP contribution is 2.32. The Labute approximate surface area is 130 Å². The fraction of sp³-hybridized carbons (Fsp3) is 0.0588. The minimum Gasteiger partial charge on any atom is -0.454 e. The van der Waals surface area contributed by atoms with Gasteiger partial charge >= 0.3 is 0 Å². The standard InChI is InChI=1S/C17H13N3O3/c1-11-13(8-12-5-6-14-15(9-12)23-10-22-14)17(21)20(19-11)16-4-2-3-7-18-16/h2-9,19H,1,10H2. The van der Waals surface area contributed by atoms with E-state index in [0.29, 0.717) is 27.9 Å². The molecule has 0 radical (unpaired) electrons. The highest BCUT2D eigenvalue weighted by molar-refractivity contribution is 5.56. The summed E-state index contributed by atoms with van der Waals surface area (Å²) in [6, 6.07) is 10.9. The van der Waals surface area contributed by atoms with E-state index in [1.165, 1.54) is 4.68 Å². The van der Waals surface area contributed by atoms with Crippen molar-refractivity contribution in [1.82, 2.24) is 14.8 Å². The lowest BCUT2D eigenvalue weighted by molar-refractivity contribution is 0.174. The molecular weight excluding hydrogens is 294 g/mol. The fourth-order valence-electron chi connectivity index (χ4n) is 2.46. The molecule has 4 rings (SSSR count). The lowest BCUT2D eigenvalue weighted by atomic mass is 10.1. The third-order valence-electron chi connectivity index (χ3n) is 3.59. The van der Waals surface area contributed by atoms with Gasteiger partial charge in [0, 0.05) is 6.20 Å². The predicted octanol–water partition coefficient (Wildman–Crippen LogP) is 0.528. The van der Waals surface area contributed by atoms with Gasteiger partial charge in [-0.3, -0.25) is 9.89 Å². The minimum atomic E-state index is -0.202. The van der Waals surface area contributed by atoms with Gasteiger partial charge in [-0.25, -0.2) is 9.67 Å². The molecule has 1 aliphatic rings. The van der Waals surface area contributed by atoms with Crippen LogP contribution in [-0.4, -0.2) is 21.6 Å². The molecule has 114 valence electrons. The second-order valence-electron chi connectivity index (χ2n) is 5.09. The number of nitrogens with one attached hydrogen (secondary N) is 1. The van der Waals surface area contributed by atoms with E-state index in [1.807, 2.05) is 24.3 Å². The van der Waals surface area contributed by atoms with Gasteiger partial charge in [0.2, 0.25) is 6.79 Å². The molecule has 1 aromatic carbocycles. The Kier molecular flexibility index (Phi) is 3.01. The second kappa shape index (κ2) is 5.17. The summed E-state index contributed by atoms with van der Waals surface area (Å²) < 4.78 is 12.0. The second-order valence-corrected chi connectivity index (χ2v) is 5.09. The number of rotatable bonds is 2. The average molecular weight is 307 g/mol. The number of benzene rings is 1. The quantitative estimate of drug-likeness (QED) is 0.750. The van der Waals surface area contributed by atoms with Gasteiger partial charge in [-0.15, -0.1) is 0 Å². The number of aromatic nitrogens is 3. The highest BCUT2D eigenvalue weighted by atomic mass is 16.7. The molecule has 0 unspecified atom stereocenters. The Morgan fingerprint density at radius 2 is 2.09 bits per heavy atom. The maximum absolute atomic E-state index is 12.6. The molecule has 2 aromatic heterocycles. The van der Waals surface area contributed by atoms with E-state index in [1.54, 1.807) is 24.4 Å². The van der Waals surface area contributed by atoms with Crippen LogP contribution >= 0.6 is 0 Å². The molecule has 0 fully saturated rings. The first-order valence-corrected chi connectivity index (χ1v) is 7.05. The van der Waals surface area contributed by atoms with Gasteiger partial charge in [0.1, 0.15) is 0 Å². The Bertz CT molecular complexity index is 1040. The summed E-state index contributed by atoms with van der Waals surface area (Å²) >= 11 is 0. The third-order valence-corrected chi connectivity index (χ3v) is 3.59. The smallest absolute Gasteiger partial charge is 0.280 e. The van der Waals surface area contributed by atoms with Crippen LogP contribution in [0.1, 0.15) is 5.56 Å². The molecule has 0 aliphatic carbocycles. The van der Waals surface area contributed by atoms with Crippen LogP contribution in [0.4, 0.5) is 0 Å². The average Bonchev–Trinajstić information content (AvgIpc) is 3.15. The Morgan fingerprint density at radius 3 is 2.91 bits per heavy atom. The summed E-state index contributed by atoms with van der Waals surface area (Å²) in [6.45, 7) is 4.12. The molecule has 3 heterocycles. The normalized spacial score (nSPS) is 13.5. The maximum Gasteiger partial charge on any atom is 0.280 e. The van der Waals surface area contributed by atoms with Crippen LogP contribution in [0, 0.1) is 0 Å². The highest BCUT2D eigenvalue weighted by Gasteiger charge is 2.13. The lowest BCUT2D eigenvalue weighted by Crippen LogP contribution is -2.34. The van der Waals surface area contributed by atoms with Crippen LogP contribution in [0.2, 0.25) is 0 Å². The third kappa shape index (κ3) is 2.30. The summed E-state index contributed by atoms with van der Waals surface area (Å²) in [4.78, 5) is 16.8. The van der Waals surface area contributed by atoms with Crippen LogP contribution in [0.3, 0.4) is 0 Å². The van der Waals surface area contributed by atoms with Gasteiger partial charge in [-0.2, -0.15) is 0 Å². The van der Waals surface area contributed by atoms with E-state index >= 15 is 0 Å². The zero-order valence-corrected chi connectivity index (χ0v) is 12.2. The van der Waals surface area contributed by atoms with Gasteiger partial charge in [-0.05, 0) is 35.9 Å². The van der Waals surface area contributed by atoms with Crippen molar-refractivity contribution >= 4 is 12.7 Å². The number of hydrogen-bond acceptors (Lipinski definition) is 4. The van der Waals surface area contributed by atoms with Crippen molar-refractivity contribution in [1.29, 1.82) is 0 Å². The zero-order chi connectivity index (χ0) is 15.8. The van der Waals surface area contributed by atoms with Crippen LogP contribution in [0.15, 0.2) is 47.4 Å². The lowest BCUT2D eigenvalue weighted by Gasteiger charge is -1.97. The maximum atomic E-state index is 12.6. The first-order valence-electron chi connectivity index (χ1n) is 7.05. The molecule has 0 amide bonds. The Balaban J connectivity index is 1.85. The Morgan fingerprint density at radius 1 is 1.22 bits per heavy atom. The molecule has 3 aromatic rings. The molecule has 23 heavy (non-hydrogen) atoms. The summed E-state index contributed by atoms with van der Waals surface area (Å²) in [5.41, 5.74) is 0.634. The van der Waals surface area contributed by atoms with Gasteiger partial charge < -0.3 is 9.47 Å². The number of fused-ring (bicyclic) bond motifs is 1. The number of nitrogens with zero attached hydrogens (tertiary/aromatic N) is 2. The van der Waals surface area contributed by atoms with Gasteiger partial charge in [0.15, 0.2) is 17.3 Å². The predicted molar refractivity (Wildman–Crippen MR) is 85.1 cm³/mol. The first-order chi connectivity index (χ1) is 11.2. The molecule has 0 saturated carbocycles.